The van der Waals surface area contributed by atoms with Crippen LogP contribution in [-0.2, 0) is 17.6 Å². The molecule has 4 rings (SSSR count). The van der Waals surface area contributed by atoms with Gasteiger partial charge < -0.3 is 15.4 Å². The largest absolute Gasteiger partial charge is 0.354 e. The fourth-order valence-electron chi connectivity index (χ4n) is 4.68. The van der Waals surface area contributed by atoms with Gasteiger partial charge in [0.15, 0.2) is 6.23 Å². The third kappa shape index (κ3) is 5.11. The van der Waals surface area contributed by atoms with Gasteiger partial charge in [-0.15, -0.1) is 0 Å². The van der Waals surface area contributed by atoms with Crippen LogP contribution in [0.4, 0.5) is 5.69 Å². The number of benzene rings is 1. The number of pyridine rings is 1. The SMILES string of the molecule is CC1(C)CCCC(OC(Nc2c(Cl)ccc3c2CCNCC3)c2ccccn2)C1. The minimum absolute atomic E-state index is 0.223. The first-order chi connectivity index (χ1) is 14.0. The number of aromatic nitrogens is 1. The van der Waals surface area contributed by atoms with E-state index in [1.165, 1.54) is 24.0 Å². The lowest BCUT2D eigenvalue weighted by molar-refractivity contribution is -0.0451. The topological polar surface area (TPSA) is 46.2 Å². The summed E-state index contributed by atoms with van der Waals surface area (Å²) in [6.45, 7) is 6.65. The van der Waals surface area contributed by atoms with Gasteiger partial charge >= 0.3 is 0 Å². The van der Waals surface area contributed by atoms with Crippen molar-refractivity contribution < 1.29 is 4.74 Å². The molecule has 2 aliphatic rings. The van der Waals surface area contributed by atoms with Gasteiger partial charge in [-0.2, -0.15) is 0 Å². The number of anilines is 1. The predicted molar refractivity (Wildman–Crippen MR) is 119 cm³/mol. The van der Waals surface area contributed by atoms with E-state index in [-0.39, 0.29) is 12.3 Å². The van der Waals surface area contributed by atoms with Gasteiger partial charge in [-0.05, 0) is 79.9 Å². The van der Waals surface area contributed by atoms with Crippen LogP contribution in [0.3, 0.4) is 0 Å². The highest BCUT2D eigenvalue weighted by Gasteiger charge is 2.31. The minimum atomic E-state index is -0.310. The van der Waals surface area contributed by atoms with E-state index in [0.29, 0.717) is 5.41 Å². The van der Waals surface area contributed by atoms with Crippen molar-refractivity contribution in [2.75, 3.05) is 18.4 Å². The number of fused-ring (bicyclic) bond motifs is 1. The van der Waals surface area contributed by atoms with E-state index in [1.807, 2.05) is 30.5 Å². The highest BCUT2D eigenvalue weighted by molar-refractivity contribution is 6.33. The summed E-state index contributed by atoms with van der Waals surface area (Å²) < 4.78 is 6.65. The zero-order valence-corrected chi connectivity index (χ0v) is 18.3. The summed E-state index contributed by atoms with van der Waals surface area (Å²) in [5.74, 6) is 0. The standard InChI is InChI=1S/C24H32ClN3O/c1-24(2)12-5-6-18(16-24)29-23(21-7-3-4-13-27-21)28-22-19-11-15-26-14-10-17(19)8-9-20(22)25/h3-4,7-9,13,18,23,26,28H,5-6,10-12,14-16H2,1-2H3. The smallest absolute Gasteiger partial charge is 0.171 e. The lowest BCUT2D eigenvalue weighted by Crippen LogP contribution is -2.31. The molecule has 29 heavy (non-hydrogen) atoms. The van der Waals surface area contributed by atoms with Crippen LogP contribution in [0.5, 0.6) is 0 Å². The Kier molecular flexibility index (Phi) is 6.43. The fraction of sp³-hybridized carbons (Fsp3) is 0.542. The Balaban J connectivity index is 1.63. The molecule has 4 nitrogen and oxygen atoms in total. The van der Waals surface area contributed by atoms with Crippen LogP contribution in [0, 0.1) is 5.41 Å². The first-order valence-electron chi connectivity index (χ1n) is 10.9. The van der Waals surface area contributed by atoms with Crippen LogP contribution < -0.4 is 10.6 Å². The van der Waals surface area contributed by atoms with Crippen LogP contribution in [0.1, 0.15) is 62.6 Å². The van der Waals surface area contributed by atoms with E-state index in [0.717, 1.165) is 55.2 Å². The van der Waals surface area contributed by atoms with Gasteiger partial charge in [0.2, 0.25) is 0 Å². The van der Waals surface area contributed by atoms with Crippen molar-refractivity contribution in [3.05, 3.63) is 58.4 Å². The molecule has 1 aromatic carbocycles. The summed E-state index contributed by atoms with van der Waals surface area (Å²) in [6, 6.07) is 10.2. The van der Waals surface area contributed by atoms with Gasteiger partial charge in [0.1, 0.15) is 0 Å². The maximum Gasteiger partial charge on any atom is 0.171 e. The van der Waals surface area contributed by atoms with Crippen molar-refractivity contribution in [1.29, 1.82) is 0 Å². The van der Waals surface area contributed by atoms with E-state index < -0.39 is 0 Å². The normalized spacial score (nSPS) is 22.4. The van der Waals surface area contributed by atoms with Crippen LogP contribution in [0.2, 0.25) is 5.02 Å². The Morgan fingerprint density at radius 2 is 2.07 bits per heavy atom. The Labute approximate surface area is 179 Å². The zero-order valence-electron chi connectivity index (χ0n) is 17.5. The van der Waals surface area contributed by atoms with Crippen molar-refractivity contribution in [3.8, 4) is 0 Å². The molecule has 1 fully saturated rings. The average molecular weight is 414 g/mol. The van der Waals surface area contributed by atoms with Gasteiger partial charge in [0.05, 0.1) is 22.5 Å². The second-order valence-corrected chi connectivity index (χ2v) is 9.51. The highest BCUT2D eigenvalue weighted by atomic mass is 35.5. The molecule has 0 spiro atoms. The van der Waals surface area contributed by atoms with Gasteiger partial charge in [-0.3, -0.25) is 4.98 Å². The molecule has 156 valence electrons. The molecule has 2 atom stereocenters. The number of rotatable bonds is 5. The molecule has 0 saturated heterocycles. The first-order valence-corrected chi connectivity index (χ1v) is 11.2. The van der Waals surface area contributed by atoms with Crippen molar-refractivity contribution in [3.63, 3.8) is 0 Å². The second kappa shape index (κ2) is 9.03. The Hall–Kier alpha value is -1.62. The van der Waals surface area contributed by atoms with Crippen LogP contribution in [0.25, 0.3) is 0 Å². The average Bonchev–Trinajstić information content (AvgIpc) is 2.95. The van der Waals surface area contributed by atoms with Crippen molar-refractivity contribution >= 4 is 17.3 Å². The third-order valence-corrected chi connectivity index (χ3v) is 6.52. The Morgan fingerprint density at radius 3 is 2.86 bits per heavy atom. The summed E-state index contributed by atoms with van der Waals surface area (Å²) in [5.41, 5.74) is 4.89. The molecular formula is C24H32ClN3O. The molecule has 2 aromatic rings. The summed E-state index contributed by atoms with van der Waals surface area (Å²) >= 11 is 6.68. The fourth-order valence-corrected chi connectivity index (χ4v) is 4.91. The first kappa shape index (κ1) is 20.6. The highest BCUT2D eigenvalue weighted by Crippen LogP contribution is 2.39. The molecule has 1 aliphatic carbocycles. The lowest BCUT2D eigenvalue weighted by Gasteiger charge is -2.37. The number of hydrogen-bond donors (Lipinski definition) is 2. The lowest BCUT2D eigenvalue weighted by atomic mass is 9.76. The zero-order chi connectivity index (χ0) is 20.3. The summed E-state index contributed by atoms with van der Waals surface area (Å²) in [6.07, 6.45) is 8.36. The number of hydrogen-bond acceptors (Lipinski definition) is 4. The van der Waals surface area contributed by atoms with Crippen molar-refractivity contribution in [1.82, 2.24) is 10.3 Å². The molecule has 2 N–H and O–H groups in total. The van der Waals surface area contributed by atoms with Crippen LogP contribution in [0.15, 0.2) is 36.5 Å². The number of nitrogens with one attached hydrogen (secondary N) is 2. The summed E-state index contributed by atoms with van der Waals surface area (Å²) in [5, 5.41) is 7.89. The molecule has 5 heteroatoms. The van der Waals surface area contributed by atoms with Gasteiger partial charge in [-0.25, -0.2) is 0 Å². The maximum absolute atomic E-state index is 6.68. The Morgan fingerprint density at radius 1 is 1.21 bits per heavy atom. The molecule has 1 aromatic heterocycles. The van der Waals surface area contributed by atoms with E-state index in [4.69, 9.17) is 16.3 Å². The molecule has 2 heterocycles. The number of halogens is 1. The van der Waals surface area contributed by atoms with Crippen LogP contribution in [-0.4, -0.2) is 24.2 Å². The predicted octanol–water partition coefficient (Wildman–Crippen LogP) is 5.52. The molecule has 2 unspecified atom stereocenters. The minimum Gasteiger partial charge on any atom is -0.354 e. The van der Waals surface area contributed by atoms with E-state index >= 15 is 0 Å². The van der Waals surface area contributed by atoms with Gasteiger partial charge in [-0.1, -0.05) is 44.0 Å². The van der Waals surface area contributed by atoms with Gasteiger partial charge in [0.25, 0.3) is 0 Å². The van der Waals surface area contributed by atoms with Crippen LogP contribution >= 0.6 is 11.6 Å². The summed E-state index contributed by atoms with van der Waals surface area (Å²) in [7, 11) is 0. The Bertz CT molecular complexity index is 824. The second-order valence-electron chi connectivity index (χ2n) is 9.11. The molecular weight excluding hydrogens is 382 g/mol. The molecule has 0 radical (unpaired) electrons. The monoisotopic (exact) mass is 413 g/mol. The molecule has 0 bridgehead atoms. The number of nitrogens with zero attached hydrogens (tertiary/aromatic N) is 1. The molecule has 0 amide bonds. The van der Waals surface area contributed by atoms with Gasteiger partial charge in [0, 0.05) is 6.20 Å². The molecule has 1 aliphatic heterocycles. The van der Waals surface area contributed by atoms with E-state index in [9.17, 15) is 0 Å². The summed E-state index contributed by atoms with van der Waals surface area (Å²) in [4.78, 5) is 4.59. The molecule has 1 saturated carbocycles. The van der Waals surface area contributed by atoms with Crippen molar-refractivity contribution in [2.24, 2.45) is 5.41 Å². The third-order valence-electron chi connectivity index (χ3n) is 6.20. The quantitative estimate of drug-likeness (QED) is 0.633. The van der Waals surface area contributed by atoms with Crippen molar-refractivity contribution in [2.45, 2.75) is 64.7 Å². The van der Waals surface area contributed by atoms with E-state index in [2.05, 4.69) is 35.5 Å². The maximum atomic E-state index is 6.68. The number of ether oxygens (including phenoxy) is 1. The van der Waals surface area contributed by atoms with E-state index in [1.54, 1.807) is 0 Å².